The van der Waals surface area contributed by atoms with Crippen LogP contribution in [0.1, 0.15) is 53.6 Å². The molecule has 4 rings (SSSR count). The zero-order chi connectivity index (χ0) is 28.2. The number of amides is 2. The molecule has 216 valence electrons. The van der Waals surface area contributed by atoms with Gasteiger partial charge in [-0.25, -0.2) is 0 Å². The van der Waals surface area contributed by atoms with Gasteiger partial charge in [0.2, 0.25) is 6.41 Å². The van der Waals surface area contributed by atoms with Gasteiger partial charge in [0.1, 0.15) is 5.75 Å². The van der Waals surface area contributed by atoms with Crippen molar-refractivity contribution < 1.29 is 14.3 Å². The third kappa shape index (κ3) is 8.08. The highest BCUT2D eigenvalue weighted by atomic mass is 16.5. The van der Waals surface area contributed by atoms with Crippen LogP contribution in [0.2, 0.25) is 0 Å². The van der Waals surface area contributed by atoms with E-state index in [0.717, 1.165) is 87.3 Å². The second-order valence-corrected chi connectivity index (χ2v) is 10.7. The number of nitrogens with zero attached hydrogens (tertiary/aromatic N) is 3. The molecule has 0 spiro atoms. The van der Waals surface area contributed by atoms with Gasteiger partial charge in [-0.15, -0.1) is 0 Å². The number of carbonyl (C=O) groups excluding carboxylic acids is 2. The molecule has 1 aliphatic heterocycles. The van der Waals surface area contributed by atoms with E-state index in [0.29, 0.717) is 12.1 Å². The van der Waals surface area contributed by atoms with Crippen LogP contribution in [0.5, 0.6) is 5.75 Å². The third-order valence-electron chi connectivity index (χ3n) is 7.99. The number of unbranched alkanes of at least 4 members (excludes halogenated alkanes) is 3. The fourth-order valence-electron chi connectivity index (χ4n) is 5.60. The number of aryl methyl sites for hydroxylation is 2. The van der Waals surface area contributed by atoms with Gasteiger partial charge in [-0.2, -0.15) is 0 Å². The van der Waals surface area contributed by atoms with Crippen molar-refractivity contribution in [3.05, 3.63) is 65.4 Å². The van der Waals surface area contributed by atoms with Crippen LogP contribution in [0.15, 0.2) is 48.7 Å². The largest absolute Gasteiger partial charge is 0.495 e. The van der Waals surface area contributed by atoms with E-state index in [1.807, 2.05) is 36.5 Å². The summed E-state index contributed by atoms with van der Waals surface area (Å²) in [7, 11) is 1.69. The summed E-state index contributed by atoms with van der Waals surface area (Å²) in [6.07, 6.45) is 8.48. The third-order valence-corrected chi connectivity index (χ3v) is 7.99. The average Bonchev–Trinajstić information content (AvgIpc) is 3.36. The van der Waals surface area contributed by atoms with Gasteiger partial charge in [0.15, 0.2) is 0 Å². The minimum Gasteiger partial charge on any atom is -0.495 e. The summed E-state index contributed by atoms with van der Waals surface area (Å²) in [4.78, 5) is 28.7. The smallest absolute Gasteiger partial charge is 0.253 e. The van der Waals surface area contributed by atoms with Gasteiger partial charge < -0.3 is 29.7 Å². The van der Waals surface area contributed by atoms with Crippen molar-refractivity contribution in [3.63, 3.8) is 0 Å². The summed E-state index contributed by atoms with van der Waals surface area (Å²) in [6, 6.07) is 14.1. The van der Waals surface area contributed by atoms with Crippen LogP contribution in [0, 0.1) is 6.92 Å². The Bertz CT molecular complexity index is 1230. The molecule has 1 aromatic heterocycles. The molecule has 2 aromatic carbocycles. The maximum atomic E-state index is 13.3. The predicted molar refractivity (Wildman–Crippen MR) is 161 cm³/mol. The normalized spacial score (nSPS) is 14.3. The SMILES string of the molecule is COc1cccc2c(C(=O)NCc3ccccc3C)cn(CCCN3CCN(CCCCCCNC=O)CC3)c12. The van der Waals surface area contributed by atoms with Gasteiger partial charge in [-0.1, -0.05) is 49.2 Å². The second-order valence-electron chi connectivity index (χ2n) is 10.7. The topological polar surface area (TPSA) is 78.8 Å². The maximum Gasteiger partial charge on any atom is 0.253 e. The number of benzene rings is 2. The van der Waals surface area contributed by atoms with Gasteiger partial charge in [-0.3, -0.25) is 9.59 Å². The standard InChI is InChI=1S/C32H45N5O3/c1-26-11-5-6-12-27(26)23-34-32(39)29-24-37(31-28(29)13-9-14-30(31)40-2)18-10-17-36-21-19-35(20-22-36)16-8-4-3-7-15-33-25-38/h5-6,9,11-14,24-25H,3-4,7-8,10,15-23H2,1-2H3,(H,33,38)(H,34,39). The van der Waals surface area contributed by atoms with E-state index in [1.165, 1.54) is 31.4 Å². The molecule has 2 heterocycles. The second kappa shape index (κ2) is 15.4. The Morgan fingerprint density at radius 3 is 2.35 bits per heavy atom. The van der Waals surface area contributed by atoms with Crippen molar-refractivity contribution in [2.75, 3.05) is 52.9 Å². The van der Waals surface area contributed by atoms with Crippen molar-refractivity contribution in [1.29, 1.82) is 0 Å². The molecule has 1 aliphatic rings. The van der Waals surface area contributed by atoms with Crippen LogP contribution in [0.3, 0.4) is 0 Å². The number of ether oxygens (including phenoxy) is 1. The van der Waals surface area contributed by atoms with Gasteiger partial charge in [0.25, 0.3) is 5.91 Å². The Labute approximate surface area is 238 Å². The number of hydrogen-bond donors (Lipinski definition) is 2. The molecule has 0 atom stereocenters. The van der Waals surface area contributed by atoms with Gasteiger partial charge in [0, 0.05) is 57.4 Å². The summed E-state index contributed by atoms with van der Waals surface area (Å²) in [5.74, 6) is 0.734. The predicted octanol–water partition coefficient (Wildman–Crippen LogP) is 4.20. The lowest BCUT2D eigenvalue weighted by atomic mass is 10.1. The molecule has 0 saturated carbocycles. The number of aromatic nitrogens is 1. The van der Waals surface area contributed by atoms with E-state index in [1.54, 1.807) is 7.11 Å². The summed E-state index contributed by atoms with van der Waals surface area (Å²) >= 11 is 0. The Balaban J connectivity index is 1.27. The first kappa shape index (κ1) is 29.6. The number of methoxy groups -OCH3 is 1. The molecule has 1 saturated heterocycles. The van der Waals surface area contributed by atoms with Gasteiger partial charge in [0.05, 0.1) is 18.2 Å². The average molecular weight is 548 g/mol. The van der Waals surface area contributed by atoms with Crippen LogP contribution in [-0.2, 0) is 17.9 Å². The molecule has 2 N–H and O–H groups in total. The van der Waals surface area contributed by atoms with Crippen LogP contribution in [0.25, 0.3) is 10.9 Å². The van der Waals surface area contributed by atoms with E-state index in [9.17, 15) is 9.59 Å². The van der Waals surface area contributed by atoms with Crippen molar-refractivity contribution >= 4 is 23.2 Å². The highest BCUT2D eigenvalue weighted by Gasteiger charge is 2.19. The molecule has 8 heteroatoms. The Hall–Kier alpha value is -3.36. The van der Waals surface area contributed by atoms with Gasteiger partial charge in [-0.05, 0) is 56.5 Å². The number of piperazine rings is 1. The zero-order valence-electron chi connectivity index (χ0n) is 24.2. The lowest BCUT2D eigenvalue weighted by Gasteiger charge is -2.34. The summed E-state index contributed by atoms with van der Waals surface area (Å²) < 4.78 is 7.89. The van der Waals surface area contributed by atoms with E-state index >= 15 is 0 Å². The van der Waals surface area contributed by atoms with E-state index < -0.39 is 0 Å². The van der Waals surface area contributed by atoms with Crippen molar-refractivity contribution in [2.45, 2.75) is 52.1 Å². The van der Waals surface area contributed by atoms with Crippen molar-refractivity contribution in [3.8, 4) is 5.75 Å². The highest BCUT2D eigenvalue weighted by molar-refractivity contribution is 6.08. The lowest BCUT2D eigenvalue weighted by molar-refractivity contribution is -0.109. The summed E-state index contributed by atoms with van der Waals surface area (Å²) in [6.45, 7) is 10.9. The number of rotatable bonds is 16. The van der Waals surface area contributed by atoms with Crippen LogP contribution in [-0.4, -0.2) is 79.6 Å². The van der Waals surface area contributed by atoms with Crippen LogP contribution in [0.4, 0.5) is 0 Å². The van der Waals surface area contributed by atoms with Crippen LogP contribution < -0.4 is 15.4 Å². The first-order valence-electron chi connectivity index (χ1n) is 14.7. The first-order valence-corrected chi connectivity index (χ1v) is 14.7. The number of para-hydroxylation sites is 1. The summed E-state index contributed by atoms with van der Waals surface area (Å²) in [5.41, 5.74) is 3.97. The molecule has 0 unspecified atom stereocenters. The molecule has 2 amide bonds. The van der Waals surface area contributed by atoms with Crippen molar-refractivity contribution in [2.24, 2.45) is 0 Å². The molecular weight excluding hydrogens is 502 g/mol. The fourth-order valence-corrected chi connectivity index (χ4v) is 5.60. The molecular formula is C32H45N5O3. The number of nitrogens with one attached hydrogen (secondary N) is 2. The molecule has 0 aliphatic carbocycles. The Kier molecular flexibility index (Phi) is 11.4. The summed E-state index contributed by atoms with van der Waals surface area (Å²) in [5, 5.41) is 6.78. The lowest BCUT2D eigenvalue weighted by Crippen LogP contribution is -2.46. The molecule has 40 heavy (non-hydrogen) atoms. The minimum atomic E-state index is -0.0611. The molecule has 3 aromatic rings. The Morgan fingerprint density at radius 2 is 1.62 bits per heavy atom. The van der Waals surface area contributed by atoms with E-state index in [-0.39, 0.29) is 5.91 Å². The molecule has 1 fully saturated rings. The van der Waals surface area contributed by atoms with E-state index in [2.05, 4.69) is 44.1 Å². The number of carbonyl (C=O) groups is 2. The molecule has 0 radical (unpaired) electrons. The van der Waals surface area contributed by atoms with Crippen LogP contribution >= 0.6 is 0 Å². The highest BCUT2D eigenvalue weighted by Crippen LogP contribution is 2.30. The quantitative estimate of drug-likeness (QED) is 0.208. The zero-order valence-corrected chi connectivity index (χ0v) is 24.2. The molecule has 8 nitrogen and oxygen atoms in total. The Morgan fingerprint density at radius 1 is 0.900 bits per heavy atom. The number of fused-ring (bicyclic) bond motifs is 1. The minimum absolute atomic E-state index is 0.0611. The van der Waals surface area contributed by atoms with Gasteiger partial charge >= 0.3 is 0 Å². The fraction of sp³-hybridized carbons (Fsp3) is 0.500. The van der Waals surface area contributed by atoms with Crippen molar-refractivity contribution in [1.82, 2.24) is 25.0 Å². The monoisotopic (exact) mass is 547 g/mol. The van der Waals surface area contributed by atoms with E-state index in [4.69, 9.17) is 4.74 Å². The maximum absolute atomic E-state index is 13.3. The number of hydrogen-bond acceptors (Lipinski definition) is 5. The first-order chi connectivity index (χ1) is 19.6. The molecule has 0 bridgehead atoms.